The molecule has 0 aromatic carbocycles. The van der Waals surface area contributed by atoms with Crippen LogP contribution in [0.3, 0.4) is 0 Å². The highest BCUT2D eigenvalue weighted by atomic mass is 19.1. The molecule has 1 aromatic heterocycles. The summed E-state index contributed by atoms with van der Waals surface area (Å²) in [5.41, 5.74) is -0.0748. The average molecular weight is 243 g/mol. The van der Waals surface area contributed by atoms with Gasteiger partial charge in [-0.05, 0) is 26.8 Å². The predicted molar refractivity (Wildman–Crippen MR) is 61.3 cm³/mol. The van der Waals surface area contributed by atoms with Gasteiger partial charge < -0.3 is 14.6 Å². The van der Waals surface area contributed by atoms with Gasteiger partial charge in [0.2, 0.25) is 0 Å². The van der Waals surface area contributed by atoms with Crippen molar-refractivity contribution in [1.82, 2.24) is 4.98 Å². The smallest absolute Gasteiger partial charge is 0.250 e. The molecule has 0 atom stereocenters. The summed E-state index contributed by atoms with van der Waals surface area (Å²) in [4.78, 5) is 3.76. The summed E-state index contributed by atoms with van der Waals surface area (Å²) in [5.74, 6) is -0.722. The van der Waals surface area contributed by atoms with Gasteiger partial charge in [0, 0.05) is 11.8 Å². The summed E-state index contributed by atoms with van der Waals surface area (Å²) in [6, 6.07) is 1.41. The van der Waals surface area contributed by atoms with Gasteiger partial charge in [-0.2, -0.15) is 0 Å². The Hall–Kier alpha value is -1.20. The van der Waals surface area contributed by atoms with Crippen molar-refractivity contribution in [1.29, 1.82) is 0 Å². The van der Waals surface area contributed by atoms with Gasteiger partial charge in [-0.15, -0.1) is 0 Å². The maximum absolute atomic E-state index is 13.5. The number of aromatic nitrogens is 1. The van der Waals surface area contributed by atoms with E-state index in [1.54, 1.807) is 0 Å². The Labute approximate surface area is 100 Å². The summed E-state index contributed by atoms with van der Waals surface area (Å²) >= 11 is 0. The number of hydrogen-bond acceptors (Lipinski definition) is 4. The quantitative estimate of drug-likeness (QED) is 0.802. The molecule has 0 spiro atoms. The fraction of sp³-hybridized carbons (Fsp3) is 0.583. The number of nitrogens with zero attached hydrogens (tertiary/aromatic N) is 1. The van der Waals surface area contributed by atoms with E-state index in [2.05, 4.69) is 4.98 Å². The Bertz CT molecular complexity index is 363. The largest absolute Gasteiger partial charge is 0.473 e. The summed E-state index contributed by atoms with van der Waals surface area (Å²) in [6.45, 7) is 5.99. The fourth-order valence-electron chi connectivity index (χ4n) is 1.17. The second kappa shape index (κ2) is 5.93. The summed E-state index contributed by atoms with van der Waals surface area (Å²) in [6.07, 6.45) is 1.40. The van der Waals surface area contributed by atoms with Gasteiger partial charge in [-0.3, -0.25) is 0 Å². The lowest BCUT2D eigenvalue weighted by atomic mass is 10.2. The van der Waals surface area contributed by atoms with Crippen LogP contribution in [0.25, 0.3) is 0 Å². The third-order valence-electron chi connectivity index (χ3n) is 1.96. The van der Waals surface area contributed by atoms with E-state index in [1.165, 1.54) is 12.3 Å². The number of pyridine rings is 1. The maximum atomic E-state index is 13.5. The predicted octanol–water partition coefficient (Wildman–Crippen LogP) is 1.91. The van der Waals surface area contributed by atoms with Crippen LogP contribution in [0, 0.1) is 5.82 Å². The molecule has 1 N–H and O–H groups in total. The molecule has 1 heterocycles. The first kappa shape index (κ1) is 13.9. The molecule has 0 fully saturated rings. The minimum Gasteiger partial charge on any atom is -0.473 e. The first-order valence-electron chi connectivity index (χ1n) is 5.45. The standard InChI is InChI=1S/C12H18FNO3/c1-12(2,3)17-7-6-16-11-10(13)9(8-15)4-5-14-11/h4-5,15H,6-8H2,1-3H3. The third-order valence-corrected chi connectivity index (χ3v) is 1.96. The van der Waals surface area contributed by atoms with Crippen molar-refractivity contribution in [2.45, 2.75) is 33.0 Å². The first-order chi connectivity index (χ1) is 7.94. The van der Waals surface area contributed by atoms with Crippen molar-refractivity contribution in [3.63, 3.8) is 0 Å². The van der Waals surface area contributed by atoms with Crippen molar-refractivity contribution in [2.24, 2.45) is 0 Å². The molecule has 0 aliphatic heterocycles. The Kier molecular flexibility index (Phi) is 4.84. The highest BCUT2D eigenvalue weighted by molar-refractivity contribution is 5.22. The Morgan fingerprint density at radius 2 is 2.06 bits per heavy atom. The van der Waals surface area contributed by atoms with E-state index in [9.17, 15) is 4.39 Å². The third kappa shape index (κ3) is 4.66. The van der Waals surface area contributed by atoms with Gasteiger partial charge in [0.1, 0.15) is 6.61 Å². The van der Waals surface area contributed by atoms with Crippen LogP contribution >= 0.6 is 0 Å². The number of aliphatic hydroxyl groups excluding tert-OH is 1. The molecule has 0 aliphatic carbocycles. The zero-order valence-corrected chi connectivity index (χ0v) is 10.4. The summed E-state index contributed by atoms with van der Waals surface area (Å²) in [7, 11) is 0. The lowest BCUT2D eigenvalue weighted by molar-refractivity contribution is -0.0172. The molecular weight excluding hydrogens is 225 g/mol. The molecule has 17 heavy (non-hydrogen) atoms. The second-order valence-electron chi connectivity index (χ2n) is 4.56. The lowest BCUT2D eigenvalue weighted by Crippen LogP contribution is -2.22. The summed E-state index contributed by atoms with van der Waals surface area (Å²) in [5, 5.41) is 8.87. The van der Waals surface area contributed by atoms with Crippen molar-refractivity contribution in [3.05, 3.63) is 23.6 Å². The molecule has 0 unspecified atom stereocenters. The van der Waals surface area contributed by atoms with Gasteiger partial charge in [-0.1, -0.05) is 0 Å². The van der Waals surface area contributed by atoms with Gasteiger partial charge >= 0.3 is 0 Å². The number of rotatable bonds is 5. The van der Waals surface area contributed by atoms with Crippen LogP contribution in [0.1, 0.15) is 26.3 Å². The molecule has 1 aromatic rings. The molecule has 0 aliphatic rings. The molecule has 1 rings (SSSR count). The number of halogens is 1. The lowest BCUT2D eigenvalue weighted by Gasteiger charge is -2.19. The van der Waals surface area contributed by atoms with E-state index in [4.69, 9.17) is 14.6 Å². The van der Waals surface area contributed by atoms with Crippen LogP contribution < -0.4 is 4.74 Å². The highest BCUT2D eigenvalue weighted by Gasteiger charge is 2.12. The minimum atomic E-state index is -0.620. The van der Waals surface area contributed by atoms with E-state index in [-0.39, 0.29) is 30.3 Å². The molecule has 96 valence electrons. The van der Waals surface area contributed by atoms with Crippen molar-refractivity contribution < 1.29 is 19.0 Å². The monoisotopic (exact) mass is 243 g/mol. The van der Waals surface area contributed by atoms with E-state index in [0.29, 0.717) is 6.61 Å². The van der Waals surface area contributed by atoms with Gasteiger partial charge in [0.05, 0.1) is 18.8 Å². The maximum Gasteiger partial charge on any atom is 0.250 e. The fourth-order valence-corrected chi connectivity index (χ4v) is 1.17. The van der Waals surface area contributed by atoms with Crippen LogP contribution in [0.2, 0.25) is 0 Å². The van der Waals surface area contributed by atoms with Crippen molar-refractivity contribution in [3.8, 4) is 5.88 Å². The van der Waals surface area contributed by atoms with Crippen LogP contribution in [0.4, 0.5) is 4.39 Å². The number of aliphatic hydroxyl groups is 1. The van der Waals surface area contributed by atoms with E-state index in [1.807, 2.05) is 20.8 Å². The normalized spacial score (nSPS) is 11.6. The Balaban J connectivity index is 2.47. The van der Waals surface area contributed by atoms with Crippen LogP contribution in [0.15, 0.2) is 12.3 Å². The minimum absolute atomic E-state index is 0.103. The van der Waals surface area contributed by atoms with E-state index in [0.717, 1.165) is 0 Å². The zero-order valence-electron chi connectivity index (χ0n) is 10.4. The molecular formula is C12H18FNO3. The Morgan fingerprint density at radius 1 is 1.35 bits per heavy atom. The SMILES string of the molecule is CC(C)(C)OCCOc1nccc(CO)c1F. The molecule has 0 saturated carbocycles. The van der Waals surface area contributed by atoms with Crippen LogP contribution in [0.5, 0.6) is 5.88 Å². The molecule has 0 bridgehead atoms. The molecule has 5 heteroatoms. The number of ether oxygens (including phenoxy) is 2. The summed E-state index contributed by atoms with van der Waals surface area (Å²) < 4.78 is 24.1. The zero-order chi connectivity index (χ0) is 12.9. The molecule has 0 amide bonds. The van der Waals surface area contributed by atoms with Gasteiger partial charge in [0.25, 0.3) is 5.88 Å². The van der Waals surface area contributed by atoms with Crippen LogP contribution in [-0.4, -0.2) is 28.9 Å². The molecule has 4 nitrogen and oxygen atoms in total. The van der Waals surface area contributed by atoms with Crippen molar-refractivity contribution >= 4 is 0 Å². The van der Waals surface area contributed by atoms with E-state index < -0.39 is 5.82 Å². The first-order valence-corrected chi connectivity index (χ1v) is 5.45. The molecule has 0 radical (unpaired) electrons. The van der Waals surface area contributed by atoms with Gasteiger partial charge in [0.15, 0.2) is 5.82 Å². The van der Waals surface area contributed by atoms with Crippen LogP contribution in [-0.2, 0) is 11.3 Å². The average Bonchev–Trinajstić information content (AvgIpc) is 2.25. The highest BCUT2D eigenvalue weighted by Crippen LogP contribution is 2.17. The topological polar surface area (TPSA) is 51.6 Å². The molecule has 0 saturated heterocycles. The second-order valence-corrected chi connectivity index (χ2v) is 4.56. The number of hydrogen-bond donors (Lipinski definition) is 1. The van der Waals surface area contributed by atoms with Crippen molar-refractivity contribution in [2.75, 3.05) is 13.2 Å². The van der Waals surface area contributed by atoms with Gasteiger partial charge in [-0.25, -0.2) is 9.37 Å². The van der Waals surface area contributed by atoms with E-state index >= 15 is 0 Å². The Morgan fingerprint density at radius 3 is 2.65 bits per heavy atom.